The summed E-state index contributed by atoms with van der Waals surface area (Å²) in [5.74, 6) is -0.928. The summed E-state index contributed by atoms with van der Waals surface area (Å²) in [7, 11) is 0. The zero-order valence-electron chi connectivity index (χ0n) is 17.8. The third-order valence-corrected chi connectivity index (χ3v) is 4.67. The van der Waals surface area contributed by atoms with E-state index in [1.165, 1.54) is 12.1 Å². The van der Waals surface area contributed by atoms with Crippen molar-refractivity contribution in [3.05, 3.63) is 35.4 Å². The number of alkyl halides is 3. The Morgan fingerprint density at radius 3 is 2.29 bits per heavy atom. The Labute approximate surface area is 179 Å². The van der Waals surface area contributed by atoms with Gasteiger partial charge in [-0.05, 0) is 45.7 Å². The molecule has 31 heavy (non-hydrogen) atoms. The first-order valence-electron chi connectivity index (χ1n) is 10.1. The topological polar surface area (TPSA) is 87.7 Å². The molecule has 1 aromatic carbocycles. The van der Waals surface area contributed by atoms with Gasteiger partial charge in [-0.1, -0.05) is 12.1 Å². The van der Waals surface area contributed by atoms with E-state index in [9.17, 15) is 27.6 Å². The van der Waals surface area contributed by atoms with Crippen LogP contribution in [0.5, 0.6) is 0 Å². The van der Waals surface area contributed by atoms with Crippen molar-refractivity contribution in [1.29, 1.82) is 0 Å². The Morgan fingerprint density at radius 1 is 1.10 bits per heavy atom. The van der Waals surface area contributed by atoms with E-state index in [0.717, 1.165) is 12.1 Å². The maximum Gasteiger partial charge on any atom is 0.417 e. The Kier molecular flexibility index (Phi) is 7.91. The van der Waals surface area contributed by atoms with Gasteiger partial charge in [0.25, 0.3) is 5.91 Å². The summed E-state index contributed by atoms with van der Waals surface area (Å²) in [5, 5.41) is 5.16. The van der Waals surface area contributed by atoms with E-state index in [1.54, 1.807) is 25.7 Å². The number of carbonyl (C=O) groups excluding carboxylic acids is 3. The maximum absolute atomic E-state index is 13.1. The van der Waals surface area contributed by atoms with Gasteiger partial charge in [-0.25, -0.2) is 4.79 Å². The molecule has 0 aromatic heterocycles. The summed E-state index contributed by atoms with van der Waals surface area (Å²) >= 11 is 0. The van der Waals surface area contributed by atoms with Gasteiger partial charge in [0.1, 0.15) is 5.60 Å². The van der Waals surface area contributed by atoms with Gasteiger partial charge in [-0.3, -0.25) is 9.59 Å². The molecule has 0 saturated carbocycles. The summed E-state index contributed by atoms with van der Waals surface area (Å²) in [6, 6.07) is 4.33. The number of nitrogens with zero attached hydrogens (tertiary/aromatic N) is 1. The number of hydrogen-bond acceptors (Lipinski definition) is 4. The van der Waals surface area contributed by atoms with Crippen LogP contribution in [-0.4, -0.2) is 54.1 Å². The first kappa shape index (κ1) is 24.5. The predicted octanol–water partition coefficient (Wildman–Crippen LogP) is 3.34. The van der Waals surface area contributed by atoms with E-state index in [0.29, 0.717) is 25.9 Å². The second-order valence-corrected chi connectivity index (χ2v) is 8.35. The van der Waals surface area contributed by atoms with Crippen molar-refractivity contribution in [1.82, 2.24) is 15.5 Å². The van der Waals surface area contributed by atoms with Crippen LogP contribution in [-0.2, 0) is 15.7 Å². The van der Waals surface area contributed by atoms with Gasteiger partial charge in [-0.15, -0.1) is 0 Å². The first-order chi connectivity index (χ1) is 14.4. The number of benzene rings is 1. The number of alkyl carbamates (subject to hydrolysis) is 1. The van der Waals surface area contributed by atoms with Gasteiger partial charge in [0, 0.05) is 32.1 Å². The predicted molar refractivity (Wildman–Crippen MR) is 107 cm³/mol. The van der Waals surface area contributed by atoms with Crippen molar-refractivity contribution in [2.75, 3.05) is 19.6 Å². The van der Waals surface area contributed by atoms with Crippen molar-refractivity contribution in [3.8, 4) is 0 Å². The van der Waals surface area contributed by atoms with Crippen LogP contribution in [0.3, 0.4) is 0 Å². The molecule has 172 valence electrons. The summed E-state index contributed by atoms with van der Waals surface area (Å²) in [5.41, 5.74) is -2.01. The monoisotopic (exact) mass is 443 g/mol. The fourth-order valence-electron chi connectivity index (χ4n) is 3.21. The SMILES string of the molecule is CC(C)(C)OC(=O)NCCC(=O)N1CCC(NC(=O)c2ccccc2C(F)(F)F)CC1. The minimum atomic E-state index is -4.61. The number of carbonyl (C=O) groups is 3. The van der Waals surface area contributed by atoms with Gasteiger partial charge in [0.2, 0.25) is 5.91 Å². The fourth-order valence-corrected chi connectivity index (χ4v) is 3.21. The standard InChI is InChI=1S/C21H28F3N3O4/c1-20(2,3)31-19(30)25-11-8-17(28)27-12-9-14(10-13-27)26-18(29)15-6-4-5-7-16(15)21(22,23)24/h4-7,14H,8-13H2,1-3H3,(H,25,30)(H,26,29). The van der Waals surface area contributed by atoms with Gasteiger partial charge in [0.15, 0.2) is 0 Å². The quantitative estimate of drug-likeness (QED) is 0.731. The second-order valence-electron chi connectivity index (χ2n) is 8.35. The first-order valence-corrected chi connectivity index (χ1v) is 10.1. The molecule has 1 aliphatic rings. The van der Waals surface area contributed by atoms with E-state index in [-0.39, 0.29) is 24.9 Å². The molecule has 0 aliphatic carbocycles. The zero-order valence-corrected chi connectivity index (χ0v) is 17.8. The van der Waals surface area contributed by atoms with Crippen molar-refractivity contribution in [2.45, 2.75) is 57.9 Å². The summed E-state index contributed by atoms with van der Waals surface area (Å²) in [4.78, 5) is 37.9. The van der Waals surface area contributed by atoms with Crippen molar-refractivity contribution in [2.24, 2.45) is 0 Å². The smallest absolute Gasteiger partial charge is 0.417 e. The molecule has 1 aromatic rings. The number of piperidine rings is 1. The van der Waals surface area contributed by atoms with E-state index in [4.69, 9.17) is 4.74 Å². The molecule has 2 rings (SSSR count). The molecule has 0 atom stereocenters. The minimum absolute atomic E-state index is 0.106. The summed E-state index contributed by atoms with van der Waals surface area (Å²) < 4.78 is 44.4. The highest BCUT2D eigenvalue weighted by Gasteiger charge is 2.35. The number of halogens is 3. The third-order valence-electron chi connectivity index (χ3n) is 4.67. The lowest BCUT2D eigenvalue weighted by Crippen LogP contribution is -2.47. The van der Waals surface area contributed by atoms with E-state index in [1.807, 2.05) is 0 Å². The number of likely N-dealkylation sites (tertiary alicyclic amines) is 1. The molecule has 3 amide bonds. The molecule has 10 heteroatoms. The van der Waals surface area contributed by atoms with Crippen LogP contribution >= 0.6 is 0 Å². The lowest BCUT2D eigenvalue weighted by Gasteiger charge is -2.32. The Morgan fingerprint density at radius 2 is 1.71 bits per heavy atom. The van der Waals surface area contributed by atoms with Gasteiger partial charge >= 0.3 is 12.3 Å². The highest BCUT2D eigenvalue weighted by molar-refractivity contribution is 5.96. The van der Waals surface area contributed by atoms with Crippen molar-refractivity contribution >= 4 is 17.9 Å². The maximum atomic E-state index is 13.1. The molecule has 1 fully saturated rings. The van der Waals surface area contributed by atoms with Crippen LogP contribution in [0, 0.1) is 0 Å². The third kappa shape index (κ3) is 7.76. The van der Waals surface area contributed by atoms with Crippen LogP contribution < -0.4 is 10.6 Å². The molecule has 2 N–H and O–H groups in total. The van der Waals surface area contributed by atoms with Gasteiger partial charge in [-0.2, -0.15) is 13.2 Å². The fraction of sp³-hybridized carbons (Fsp3) is 0.571. The van der Waals surface area contributed by atoms with Crippen LogP contribution in [0.15, 0.2) is 24.3 Å². The molecule has 1 heterocycles. The van der Waals surface area contributed by atoms with Gasteiger partial charge < -0.3 is 20.3 Å². The molecule has 1 saturated heterocycles. The van der Waals surface area contributed by atoms with Crippen molar-refractivity contribution in [3.63, 3.8) is 0 Å². The second kappa shape index (κ2) is 10.0. The van der Waals surface area contributed by atoms with Gasteiger partial charge in [0.05, 0.1) is 11.1 Å². The van der Waals surface area contributed by atoms with E-state index >= 15 is 0 Å². The highest BCUT2D eigenvalue weighted by atomic mass is 19.4. The molecule has 1 aliphatic heterocycles. The lowest BCUT2D eigenvalue weighted by atomic mass is 10.0. The largest absolute Gasteiger partial charge is 0.444 e. The van der Waals surface area contributed by atoms with E-state index in [2.05, 4.69) is 10.6 Å². The van der Waals surface area contributed by atoms with Crippen LogP contribution in [0.25, 0.3) is 0 Å². The number of nitrogens with one attached hydrogen (secondary N) is 2. The highest BCUT2D eigenvalue weighted by Crippen LogP contribution is 2.31. The van der Waals surface area contributed by atoms with E-state index < -0.39 is 34.9 Å². The molecule has 0 spiro atoms. The molecule has 0 unspecified atom stereocenters. The average molecular weight is 443 g/mol. The van der Waals surface area contributed by atoms with Crippen LogP contribution in [0.4, 0.5) is 18.0 Å². The molecule has 7 nitrogen and oxygen atoms in total. The van der Waals surface area contributed by atoms with Crippen LogP contribution in [0.1, 0.15) is 56.0 Å². The summed E-state index contributed by atoms with van der Waals surface area (Å²) in [6.45, 7) is 6.10. The number of hydrogen-bond donors (Lipinski definition) is 2. The lowest BCUT2D eigenvalue weighted by molar-refractivity contribution is -0.138. The minimum Gasteiger partial charge on any atom is -0.444 e. The summed E-state index contributed by atoms with van der Waals surface area (Å²) in [6.07, 6.45) is -4.23. The van der Waals surface area contributed by atoms with Crippen LogP contribution in [0.2, 0.25) is 0 Å². The number of rotatable bonds is 5. The molecule has 0 radical (unpaired) electrons. The number of ether oxygens (including phenoxy) is 1. The van der Waals surface area contributed by atoms with Crippen molar-refractivity contribution < 1.29 is 32.3 Å². The Balaban J connectivity index is 1.78. The Hall–Kier alpha value is -2.78. The molecule has 0 bridgehead atoms. The molecular formula is C21H28F3N3O4. The Bertz CT molecular complexity index is 798. The zero-order chi connectivity index (χ0) is 23.2. The normalized spacial score (nSPS) is 15.4. The number of amides is 3. The molecular weight excluding hydrogens is 415 g/mol. The average Bonchev–Trinajstić information content (AvgIpc) is 2.66.